The van der Waals surface area contributed by atoms with Gasteiger partial charge in [-0.1, -0.05) is 37.3 Å². The van der Waals surface area contributed by atoms with Gasteiger partial charge in [0.1, 0.15) is 10.2 Å². The molecule has 7 heteroatoms. The second-order valence-electron chi connectivity index (χ2n) is 4.15. The van der Waals surface area contributed by atoms with Crippen LogP contribution in [0.25, 0.3) is 11.2 Å². The summed E-state index contributed by atoms with van der Waals surface area (Å²) in [4.78, 5) is 19.5. The fourth-order valence-electron chi connectivity index (χ4n) is 1.69. The number of unbranched alkanes of at least 4 members (excludes halogenated alkanes) is 1. The van der Waals surface area contributed by atoms with E-state index in [9.17, 15) is 4.79 Å². The number of hydrogen-bond acceptors (Lipinski definition) is 4. The lowest BCUT2D eigenvalue weighted by molar-refractivity contribution is 0.721. The van der Waals surface area contributed by atoms with Crippen molar-refractivity contribution >= 4 is 35.1 Å². The van der Waals surface area contributed by atoms with E-state index in [4.69, 9.17) is 12.2 Å². The van der Waals surface area contributed by atoms with Gasteiger partial charge >= 0.3 is 5.69 Å². The molecule has 0 amide bonds. The highest BCUT2D eigenvalue weighted by Crippen LogP contribution is 2.19. The second kappa shape index (κ2) is 5.27. The third kappa shape index (κ3) is 2.24. The predicted octanol–water partition coefficient (Wildman–Crippen LogP) is 2.22. The maximum Gasteiger partial charge on any atom is 0.330 e. The van der Waals surface area contributed by atoms with Gasteiger partial charge in [-0.3, -0.25) is 9.13 Å². The van der Waals surface area contributed by atoms with Crippen molar-refractivity contribution in [3.63, 3.8) is 0 Å². The van der Waals surface area contributed by atoms with Crippen LogP contribution in [0, 0.1) is 4.64 Å². The molecule has 0 aliphatic rings. The molecule has 0 spiro atoms. The Morgan fingerprint density at radius 1 is 1.39 bits per heavy atom. The molecule has 2 aromatic heterocycles. The summed E-state index contributed by atoms with van der Waals surface area (Å²) >= 11 is 6.92. The van der Waals surface area contributed by atoms with Crippen LogP contribution in [0.1, 0.15) is 19.8 Å². The number of imidazole rings is 1. The Kier molecular flexibility index (Phi) is 3.91. The van der Waals surface area contributed by atoms with Crippen LogP contribution in [0.15, 0.2) is 9.95 Å². The van der Waals surface area contributed by atoms with Gasteiger partial charge in [0.05, 0.1) is 0 Å². The average Bonchev–Trinajstić information content (AvgIpc) is 2.78. The summed E-state index contributed by atoms with van der Waals surface area (Å²) in [6.45, 7) is 2.16. The summed E-state index contributed by atoms with van der Waals surface area (Å²) < 4.78 is 3.48. The molecule has 0 saturated carbocycles. The van der Waals surface area contributed by atoms with E-state index in [-0.39, 0.29) is 5.69 Å². The molecule has 0 aliphatic carbocycles. The van der Waals surface area contributed by atoms with Crippen molar-refractivity contribution in [3.05, 3.63) is 15.1 Å². The monoisotopic (exact) mass is 284 g/mol. The van der Waals surface area contributed by atoms with Crippen molar-refractivity contribution in [2.45, 2.75) is 24.9 Å². The molecule has 0 fully saturated rings. The van der Waals surface area contributed by atoms with E-state index >= 15 is 0 Å². The molecular weight excluding hydrogens is 268 g/mol. The zero-order chi connectivity index (χ0) is 13.3. The van der Waals surface area contributed by atoms with E-state index in [1.807, 2.05) is 0 Å². The summed E-state index contributed by atoms with van der Waals surface area (Å²) in [5.41, 5.74) is 1.24. The van der Waals surface area contributed by atoms with Gasteiger partial charge in [0.25, 0.3) is 0 Å². The van der Waals surface area contributed by atoms with Crippen LogP contribution in [0.2, 0.25) is 0 Å². The van der Waals surface area contributed by atoms with E-state index in [0.29, 0.717) is 10.3 Å². The largest absolute Gasteiger partial charge is 0.330 e. The van der Waals surface area contributed by atoms with Gasteiger partial charge in [-0.25, -0.2) is 9.78 Å². The quantitative estimate of drug-likeness (QED) is 0.531. The van der Waals surface area contributed by atoms with Crippen molar-refractivity contribution in [3.8, 4) is 0 Å². The molecule has 1 N–H and O–H groups in total. The highest BCUT2D eigenvalue weighted by Gasteiger charge is 2.11. The molecule has 5 nitrogen and oxygen atoms in total. The molecule has 0 atom stereocenters. The Balaban J connectivity index is 2.51. The van der Waals surface area contributed by atoms with Crippen molar-refractivity contribution in [1.29, 1.82) is 0 Å². The fraction of sp³-hybridized carbons (Fsp3) is 0.545. The number of hydrogen-bond donors (Lipinski definition) is 1. The number of aromatic nitrogens is 4. The molecular formula is C11H16N4OS2. The van der Waals surface area contributed by atoms with Crippen molar-refractivity contribution in [2.24, 2.45) is 14.1 Å². The van der Waals surface area contributed by atoms with Gasteiger partial charge in [0.15, 0.2) is 10.8 Å². The van der Waals surface area contributed by atoms with Crippen LogP contribution in [0.3, 0.4) is 0 Å². The summed E-state index contributed by atoms with van der Waals surface area (Å²) in [6, 6.07) is 0. The number of aryl methyl sites for hydroxylation is 1. The van der Waals surface area contributed by atoms with Crippen molar-refractivity contribution in [1.82, 2.24) is 19.1 Å². The van der Waals surface area contributed by atoms with Crippen molar-refractivity contribution < 1.29 is 0 Å². The van der Waals surface area contributed by atoms with Crippen molar-refractivity contribution in [2.75, 3.05) is 5.75 Å². The highest BCUT2D eigenvalue weighted by atomic mass is 32.2. The minimum Gasteiger partial charge on any atom is -0.329 e. The Labute approximate surface area is 114 Å². The second-order valence-corrected chi connectivity index (χ2v) is 5.62. The Morgan fingerprint density at radius 2 is 2.11 bits per heavy atom. The molecule has 2 heterocycles. The number of rotatable bonds is 4. The molecule has 0 aliphatic heterocycles. The first-order valence-electron chi connectivity index (χ1n) is 5.84. The zero-order valence-electron chi connectivity index (χ0n) is 10.7. The molecule has 2 aromatic rings. The first-order valence-corrected chi connectivity index (χ1v) is 7.24. The number of aromatic amines is 1. The molecule has 98 valence electrons. The standard InChI is InChI=1S/C11H16N4OS2/c1-4-5-6-18-10-12-7-8(13-10)14(2)11(16)15(3)9(7)17/h4-6H2,1-3H3,(H,12,13). The van der Waals surface area contributed by atoms with Gasteiger partial charge in [0, 0.05) is 19.8 Å². The first kappa shape index (κ1) is 13.4. The average molecular weight is 284 g/mol. The Morgan fingerprint density at radius 3 is 2.78 bits per heavy atom. The van der Waals surface area contributed by atoms with Crippen LogP contribution in [-0.4, -0.2) is 24.9 Å². The van der Waals surface area contributed by atoms with E-state index in [2.05, 4.69) is 16.9 Å². The lowest BCUT2D eigenvalue weighted by Crippen LogP contribution is -2.27. The number of fused-ring (bicyclic) bond motifs is 1. The number of nitrogens with one attached hydrogen (secondary N) is 1. The zero-order valence-corrected chi connectivity index (χ0v) is 12.3. The van der Waals surface area contributed by atoms with Gasteiger partial charge in [0.2, 0.25) is 0 Å². The van der Waals surface area contributed by atoms with E-state index in [1.54, 1.807) is 25.9 Å². The molecule has 18 heavy (non-hydrogen) atoms. The summed E-state index contributed by atoms with van der Waals surface area (Å²) in [5, 5.41) is 0.825. The van der Waals surface area contributed by atoms with Gasteiger partial charge in [-0.15, -0.1) is 0 Å². The van der Waals surface area contributed by atoms with Crippen LogP contribution in [0.5, 0.6) is 0 Å². The van der Waals surface area contributed by atoms with Crippen LogP contribution in [0.4, 0.5) is 0 Å². The molecule has 0 radical (unpaired) electrons. The maximum absolute atomic E-state index is 11.9. The molecule has 0 bridgehead atoms. The first-order chi connectivity index (χ1) is 8.56. The van der Waals surface area contributed by atoms with Crippen LogP contribution < -0.4 is 5.69 Å². The normalized spacial score (nSPS) is 11.3. The highest BCUT2D eigenvalue weighted by molar-refractivity contribution is 7.99. The van der Waals surface area contributed by atoms with Gasteiger partial charge in [-0.05, 0) is 6.42 Å². The molecule has 0 unspecified atom stereocenters. The summed E-state index contributed by atoms with van der Waals surface area (Å²) in [7, 11) is 3.38. The van der Waals surface area contributed by atoms with E-state index < -0.39 is 0 Å². The topological polar surface area (TPSA) is 55.6 Å². The summed E-state index contributed by atoms with van der Waals surface area (Å²) in [5.74, 6) is 1.02. The Bertz CT molecular complexity index is 683. The van der Waals surface area contributed by atoms with Gasteiger partial charge in [-0.2, -0.15) is 0 Å². The third-order valence-electron chi connectivity index (χ3n) is 2.81. The lowest BCUT2D eigenvalue weighted by atomic mass is 10.4. The van der Waals surface area contributed by atoms with E-state index in [0.717, 1.165) is 29.3 Å². The summed E-state index contributed by atoms with van der Waals surface area (Å²) in [6.07, 6.45) is 2.31. The number of nitrogens with zero attached hydrogens (tertiary/aromatic N) is 3. The molecule has 0 aromatic carbocycles. The minimum atomic E-state index is -0.149. The molecule has 2 rings (SSSR count). The van der Waals surface area contributed by atoms with Crippen LogP contribution in [-0.2, 0) is 14.1 Å². The molecule has 0 saturated heterocycles. The number of H-pyrrole nitrogens is 1. The predicted molar refractivity (Wildman–Crippen MR) is 76.8 cm³/mol. The minimum absolute atomic E-state index is 0.149. The fourth-order valence-corrected chi connectivity index (χ4v) is 2.86. The third-order valence-corrected chi connectivity index (χ3v) is 4.25. The maximum atomic E-state index is 11.9. The number of thioether (sulfide) groups is 1. The van der Waals surface area contributed by atoms with E-state index in [1.165, 1.54) is 9.13 Å². The van der Waals surface area contributed by atoms with Crippen LogP contribution >= 0.6 is 24.0 Å². The Hall–Kier alpha value is -1.08. The van der Waals surface area contributed by atoms with Gasteiger partial charge < -0.3 is 4.98 Å². The smallest absolute Gasteiger partial charge is 0.329 e. The SMILES string of the molecule is CCCCSc1nc2c([nH]1)c(=S)n(C)c(=O)n2C. The lowest BCUT2D eigenvalue weighted by Gasteiger charge is -2.02.